The fraction of sp³-hybridized carbons (Fsp3) is 0.643. The highest BCUT2D eigenvalue weighted by molar-refractivity contribution is 6.03. The third kappa shape index (κ3) is 6.14. The molecule has 1 aliphatic heterocycles. The number of benzene rings is 1. The van der Waals surface area contributed by atoms with Gasteiger partial charge in [0.25, 0.3) is 5.91 Å². The van der Waals surface area contributed by atoms with Gasteiger partial charge in [0.2, 0.25) is 11.8 Å². The highest BCUT2D eigenvalue weighted by atomic mass is 19.3. The Morgan fingerprint density at radius 1 is 1.15 bits per heavy atom. The molecule has 3 unspecified atom stereocenters. The van der Waals surface area contributed by atoms with Crippen LogP contribution in [0.5, 0.6) is 0 Å². The van der Waals surface area contributed by atoms with Crippen molar-refractivity contribution >= 4 is 17.5 Å². The lowest BCUT2D eigenvalue weighted by atomic mass is 9.87. The third-order valence-electron chi connectivity index (χ3n) is 8.01. The highest BCUT2D eigenvalue weighted by Gasteiger charge is 2.44. The standard InChI is InChI=1S/C28H38F2N6O3/c1-27(2,3)17-4-6-20(7-5-17)36(26(39)22-14-21(37)15-31-22)23(24-34-32-16-35(24)19-8-9-19)25(38)33-18-10-12-28(29,30)13-11-18/h4-7,16,18-19,21-23,31,37H,8-15H2,1-3H3,(H,33,38). The molecule has 1 aromatic carbocycles. The summed E-state index contributed by atoms with van der Waals surface area (Å²) in [6.45, 7) is 6.56. The van der Waals surface area contributed by atoms with Crippen LogP contribution in [0.4, 0.5) is 14.5 Å². The smallest absolute Gasteiger partial charge is 0.251 e. The minimum absolute atomic E-state index is 0.115. The Bertz CT molecular complexity index is 1180. The lowest BCUT2D eigenvalue weighted by Crippen LogP contribution is -2.52. The van der Waals surface area contributed by atoms with Gasteiger partial charge in [-0.3, -0.25) is 14.5 Å². The first-order valence-corrected chi connectivity index (χ1v) is 13.9. The zero-order chi connectivity index (χ0) is 27.9. The van der Waals surface area contributed by atoms with E-state index in [4.69, 9.17) is 0 Å². The van der Waals surface area contributed by atoms with E-state index in [2.05, 4.69) is 41.6 Å². The first-order chi connectivity index (χ1) is 18.4. The molecule has 1 saturated heterocycles. The number of nitrogens with one attached hydrogen (secondary N) is 2. The number of amides is 2. The maximum Gasteiger partial charge on any atom is 0.251 e. The van der Waals surface area contributed by atoms with Crippen LogP contribution in [0.15, 0.2) is 30.6 Å². The molecule has 212 valence electrons. The van der Waals surface area contributed by atoms with E-state index in [1.54, 1.807) is 6.33 Å². The van der Waals surface area contributed by atoms with Crippen molar-refractivity contribution in [2.24, 2.45) is 0 Å². The second-order valence-electron chi connectivity index (χ2n) is 12.2. The molecule has 2 amide bonds. The van der Waals surface area contributed by atoms with E-state index in [1.807, 2.05) is 28.8 Å². The van der Waals surface area contributed by atoms with Gasteiger partial charge in [-0.25, -0.2) is 8.78 Å². The van der Waals surface area contributed by atoms with Crippen LogP contribution in [0.1, 0.15) is 89.2 Å². The quantitative estimate of drug-likeness (QED) is 0.493. The van der Waals surface area contributed by atoms with Crippen molar-refractivity contribution in [2.45, 2.75) is 107 Å². The summed E-state index contributed by atoms with van der Waals surface area (Å²) >= 11 is 0. The number of hydrogen-bond acceptors (Lipinski definition) is 6. The molecule has 0 spiro atoms. The van der Waals surface area contributed by atoms with E-state index in [1.165, 1.54) is 4.90 Å². The van der Waals surface area contributed by atoms with Gasteiger partial charge < -0.3 is 20.3 Å². The lowest BCUT2D eigenvalue weighted by molar-refractivity contribution is -0.128. The largest absolute Gasteiger partial charge is 0.392 e. The van der Waals surface area contributed by atoms with Crippen molar-refractivity contribution in [1.82, 2.24) is 25.4 Å². The lowest BCUT2D eigenvalue weighted by Gasteiger charge is -2.35. The molecule has 11 heteroatoms. The number of aromatic nitrogens is 3. The van der Waals surface area contributed by atoms with Crippen LogP contribution >= 0.6 is 0 Å². The maximum atomic E-state index is 14.1. The summed E-state index contributed by atoms with van der Waals surface area (Å²) in [5.74, 6) is -3.23. The molecule has 0 radical (unpaired) electrons. The number of aliphatic hydroxyl groups is 1. The van der Waals surface area contributed by atoms with Gasteiger partial charge in [0.15, 0.2) is 11.9 Å². The number of alkyl halides is 2. The van der Waals surface area contributed by atoms with Gasteiger partial charge in [0, 0.05) is 37.2 Å². The number of hydrogen-bond donors (Lipinski definition) is 3. The zero-order valence-electron chi connectivity index (χ0n) is 22.7. The zero-order valence-corrected chi connectivity index (χ0v) is 22.7. The summed E-state index contributed by atoms with van der Waals surface area (Å²) < 4.78 is 29.5. The first-order valence-electron chi connectivity index (χ1n) is 13.9. The number of β-amino-alcohol motifs (C(OH)–C–C–N with tert-alkyl or cyclic N) is 1. The van der Waals surface area contributed by atoms with Crippen LogP contribution < -0.4 is 15.5 Å². The molecular weight excluding hydrogens is 506 g/mol. The molecule has 0 bridgehead atoms. The second kappa shape index (κ2) is 10.6. The molecule has 3 fully saturated rings. The molecule has 1 aromatic heterocycles. The van der Waals surface area contributed by atoms with Crippen molar-refractivity contribution in [1.29, 1.82) is 0 Å². The van der Waals surface area contributed by atoms with Crippen LogP contribution in [-0.2, 0) is 15.0 Å². The van der Waals surface area contributed by atoms with Gasteiger partial charge in [-0.15, -0.1) is 10.2 Å². The van der Waals surface area contributed by atoms with E-state index in [9.17, 15) is 23.5 Å². The van der Waals surface area contributed by atoms with Crippen molar-refractivity contribution in [3.05, 3.63) is 42.0 Å². The van der Waals surface area contributed by atoms with Gasteiger partial charge in [-0.1, -0.05) is 32.9 Å². The molecule has 9 nitrogen and oxygen atoms in total. The van der Waals surface area contributed by atoms with Crippen LogP contribution in [-0.4, -0.2) is 62.3 Å². The average Bonchev–Trinajstić information content (AvgIpc) is 3.45. The number of nitrogens with zero attached hydrogens (tertiary/aromatic N) is 4. The Labute approximate surface area is 227 Å². The van der Waals surface area contributed by atoms with Gasteiger partial charge in [0.1, 0.15) is 6.33 Å². The molecular formula is C28H38F2N6O3. The van der Waals surface area contributed by atoms with Gasteiger partial charge in [0.05, 0.1) is 12.1 Å². The number of halogens is 2. The Hall–Kier alpha value is -2.92. The summed E-state index contributed by atoms with van der Waals surface area (Å²) in [6, 6.07) is 5.39. The molecule has 39 heavy (non-hydrogen) atoms. The van der Waals surface area contributed by atoms with E-state index < -0.39 is 36.1 Å². The summed E-state index contributed by atoms with van der Waals surface area (Å²) in [6.07, 6.45) is 2.70. The molecule has 2 aliphatic carbocycles. The predicted molar refractivity (Wildman–Crippen MR) is 141 cm³/mol. The fourth-order valence-corrected chi connectivity index (χ4v) is 5.49. The third-order valence-corrected chi connectivity index (χ3v) is 8.01. The minimum atomic E-state index is -2.72. The number of aliphatic hydroxyl groups excluding tert-OH is 1. The highest BCUT2D eigenvalue weighted by Crippen LogP contribution is 2.39. The summed E-state index contributed by atoms with van der Waals surface area (Å²) in [5.41, 5.74) is 1.46. The molecule has 3 aliphatic rings. The van der Waals surface area contributed by atoms with E-state index in [0.29, 0.717) is 11.5 Å². The maximum absolute atomic E-state index is 14.1. The van der Waals surface area contributed by atoms with Crippen molar-refractivity contribution in [3.63, 3.8) is 0 Å². The summed E-state index contributed by atoms with van der Waals surface area (Å²) in [4.78, 5) is 29.6. The Morgan fingerprint density at radius 3 is 2.38 bits per heavy atom. The van der Waals surface area contributed by atoms with Crippen LogP contribution in [0.3, 0.4) is 0 Å². The van der Waals surface area contributed by atoms with Crippen molar-refractivity contribution < 1.29 is 23.5 Å². The van der Waals surface area contributed by atoms with Crippen LogP contribution in [0.25, 0.3) is 0 Å². The normalized spacial score (nSPS) is 24.4. The van der Waals surface area contributed by atoms with E-state index >= 15 is 0 Å². The van der Waals surface area contributed by atoms with Crippen LogP contribution in [0.2, 0.25) is 0 Å². The average molecular weight is 545 g/mol. The SMILES string of the molecule is CC(C)(C)c1ccc(N(C(=O)C2CC(O)CN2)C(C(=O)NC2CCC(F)(F)CC2)c2nncn2C2CC2)cc1. The monoisotopic (exact) mass is 544 g/mol. The Morgan fingerprint density at radius 2 is 1.82 bits per heavy atom. The summed E-state index contributed by atoms with van der Waals surface area (Å²) in [5, 5.41) is 24.6. The Kier molecular flexibility index (Phi) is 7.49. The predicted octanol–water partition coefficient (Wildman–Crippen LogP) is 3.40. The summed E-state index contributed by atoms with van der Waals surface area (Å²) in [7, 11) is 0. The van der Waals surface area contributed by atoms with Crippen LogP contribution in [0, 0.1) is 0 Å². The van der Waals surface area contributed by atoms with Gasteiger partial charge >= 0.3 is 0 Å². The molecule has 2 heterocycles. The molecule has 2 aromatic rings. The van der Waals surface area contributed by atoms with E-state index in [-0.39, 0.29) is 56.0 Å². The minimum Gasteiger partial charge on any atom is -0.392 e. The number of carbonyl (C=O) groups excluding carboxylic acids is 2. The number of rotatable bonds is 7. The first kappa shape index (κ1) is 27.6. The number of anilines is 1. The van der Waals surface area contributed by atoms with Gasteiger partial charge in [-0.2, -0.15) is 0 Å². The van der Waals surface area contributed by atoms with Crippen molar-refractivity contribution in [3.8, 4) is 0 Å². The topological polar surface area (TPSA) is 112 Å². The number of carbonyl (C=O) groups is 2. The van der Waals surface area contributed by atoms with Gasteiger partial charge in [-0.05, 0) is 55.2 Å². The van der Waals surface area contributed by atoms with E-state index in [0.717, 1.165) is 18.4 Å². The molecule has 5 rings (SSSR count). The molecule has 2 saturated carbocycles. The fourth-order valence-electron chi connectivity index (χ4n) is 5.49. The Balaban J connectivity index is 1.54. The molecule has 3 atom stereocenters. The second-order valence-corrected chi connectivity index (χ2v) is 12.2. The van der Waals surface area contributed by atoms with Crippen molar-refractivity contribution in [2.75, 3.05) is 11.4 Å². The molecule has 3 N–H and O–H groups in total.